The van der Waals surface area contributed by atoms with Gasteiger partial charge in [0.05, 0.1) is 33.1 Å². The van der Waals surface area contributed by atoms with Crippen molar-refractivity contribution in [2.24, 2.45) is 0 Å². The van der Waals surface area contributed by atoms with Gasteiger partial charge >= 0.3 is 0 Å². The molecule has 0 bridgehead atoms. The highest BCUT2D eigenvalue weighted by atomic mass is 32.1. The molecule has 0 saturated carbocycles. The molecule has 0 aliphatic carbocycles. The maximum atomic E-state index is 5.90. The summed E-state index contributed by atoms with van der Waals surface area (Å²) in [5.74, 6) is 0. The minimum absolute atomic E-state index is 0.779. The quantitative estimate of drug-likeness (QED) is 0.0794. The Morgan fingerprint density at radius 1 is 0.264 bits per heavy atom. The largest absolute Gasteiger partial charge is 0.311 e. The van der Waals surface area contributed by atoms with Crippen molar-refractivity contribution in [2.75, 3.05) is 14.7 Å². The molecular formula is C82H57N7S2. The third kappa shape index (κ3) is 10.3. The third-order valence-electron chi connectivity index (χ3n) is 16.9. The summed E-state index contributed by atoms with van der Waals surface area (Å²) in [5, 5.41) is 1.80. The fourth-order valence-electron chi connectivity index (χ4n) is 12.6. The fraction of sp³-hybridized carbons (Fsp3) is 0.0244. The molecule has 0 N–H and O–H groups in total. The zero-order valence-electron chi connectivity index (χ0n) is 49.9. The zero-order chi connectivity index (χ0) is 60.8. The summed E-state index contributed by atoms with van der Waals surface area (Å²) in [6.45, 7) is 4.44. The predicted molar refractivity (Wildman–Crippen MR) is 384 cm³/mol. The van der Waals surface area contributed by atoms with Crippen molar-refractivity contribution in [1.29, 1.82) is 0 Å². The maximum Gasteiger partial charge on any atom is 0.0996 e. The molecular weight excluding hydrogens is 1150 g/mol. The van der Waals surface area contributed by atoms with E-state index in [9.17, 15) is 0 Å². The van der Waals surface area contributed by atoms with E-state index in [2.05, 4.69) is 320 Å². The molecule has 5 heterocycles. The lowest BCUT2D eigenvalue weighted by Crippen LogP contribution is -2.09. The van der Waals surface area contributed by atoms with E-state index in [-0.39, 0.29) is 0 Å². The van der Waals surface area contributed by atoms with Crippen LogP contribution in [0, 0.1) is 13.8 Å². The summed E-state index contributed by atoms with van der Waals surface area (Å²) in [6.07, 6.45) is 3.82. The molecule has 16 aromatic rings. The van der Waals surface area contributed by atoms with Gasteiger partial charge < -0.3 is 14.7 Å². The summed E-state index contributed by atoms with van der Waals surface area (Å²) < 4.78 is 0. The van der Waals surface area contributed by atoms with E-state index in [4.69, 9.17) is 19.9 Å². The van der Waals surface area contributed by atoms with Gasteiger partial charge in [0.25, 0.3) is 0 Å². The highest BCUT2D eigenvalue weighted by molar-refractivity contribution is 7.19. The Balaban J connectivity index is 0.840. The first-order valence-corrected chi connectivity index (χ1v) is 32.1. The molecule has 0 unspecified atom stereocenters. The van der Waals surface area contributed by atoms with E-state index >= 15 is 0 Å². The van der Waals surface area contributed by atoms with E-state index in [1.54, 1.807) is 22.7 Å². The van der Waals surface area contributed by atoms with Crippen LogP contribution in [0.4, 0.5) is 51.2 Å². The average molecular weight is 1200 g/mol. The zero-order valence-corrected chi connectivity index (χ0v) is 51.5. The number of pyridine rings is 2. The lowest BCUT2D eigenvalue weighted by Gasteiger charge is -2.25. The molecule has 0 saturated heterocycles. The average Bonchev–Trinajstić information content (AvgIpc) is 1.43. The van der Waals surface area contributed by atoms with Crippen molar-refractivity contribution in [3.63, 3.8) is 0 Å². The van der Waals surface area contributed by atoms with Crippen LogP contribution in [0.1, 0.15) is 11.1 Å². The van der Waals surface area contributed by atoms with Crippen LogP contribution < -0.4 is 14.7 Å². The van der Waals surface area contributed by atoms with Crippen molar-refractivity contribution in [3.8, 4) is 52.9 Å². The number of rotatable bonds is 14. The molecule has 0 atom stereocenters. The number of aromatic nitrogens is 4. The number of nitrogens with zero attached hydrogens (tertiary/aromatic N) is 7. The van der Waals surface area contributed by atoms with Crippen molar-refractivity contribution >= 4 is 118 Å². The second-order valence-corrected chi connectivity index (χ2v) is 24.8. The first-order chi connectivity index (χ1) is 45.0. The summed E-state index contributed by atoms with van der Waals surface area (Å²) in [6, 6.07) is 105. The second-order valence-electron chi connectivity index (χ2n) is 22.7. The number of anilines is 9. The van der Waals surface area contributed by atoms with Crippen LogP contribution in [0.5, 0.6) is 0 Å². The Labute approximate surface area is 536 Å². The standard InChI is InChI=1S/C82H57N7S2/c1-54-50-73(57-37-43-67(44-38-57)88(62-26-13-5-14-27-62)63-28-15-6-16-29-63)90-81(54)70-47-48-71(82-55(2)51-74(91-82)58-39-45-68(46-40-58)89(64-30-17-7-18-31-64)65-32-19-8-20-33-65)79-78(70)85-77-69-34-21-49-83-75(69)76-72(80(77)86-79)52-59(53-84-76)56-35-41-66(42-36-56)87(60-22-9-3-10-23-60)61-24-11-4-12-25-61/h3-53H,1-2H3. The first kappa shape index (κ1) is 55.0. The Morgan fingerprint density at radius 3 is 0.967 bits per heavy atom. The molecule has 91 heavy (non-hydrogen) atoms. The third-order valence-corrected chi connectivity index (χ3v) is 19.6. The van der Waals surface area contributed by atoms with E-state index in [1.807, 2.05) is 18.5 Å². The molecule has 11 aromatic carbocycles. The molecule has 5 aromatic heterocycles. The van der Waals surface area contributed by atoms with Crippen LogP contribution in [0.15, 0.2) is 310 Å². The Morgan fingerprint density at radius 2 is 0.593 bits per heavy atom. The Kier molecular flexibility index (Phi) is 14.3. The van der Waals surface area contributed by atoms with Crippen LogP contribution in [0.2, 0.25) is 0 Å². The van der Waals surface area contributed by atoms with Crippen molar-refractivity contribution in [2.45, 2.75) is 13.8 Å². The molecule has 0 radical (unpaired) electrons. The molecule has 432 valence electrons. The second kappa shape index (κ2) is 23.6. The lowest BCUT2D eigenvalue weighted by atomic mass is 9.99. The van der Waals surface area contributed by atoms with Gasteiger partial charge in [0.1, 0.15) is 0 Å². The van der Waals surface area contributed by atoms with Crippen LogP contribution in [0.3, 0.4) is 0 Å². The summed E-state index contributed by atoms with van der Waals surface area (Å²) in [7, 11) is 0. The Bertz CT molecular complexity index is 5160. The number of hydrogen-bond donors (Lipinski definition) is 0. The predicted octanol–water partition coefficient (Wildman–Crippen LogP) is 23.4. The summed E-state index contributed by atoms with van der Waals surface area (Å²) in [5.41, 5.74) is 23.3. The van der Waals surface area contributed by atoms with Gasteiger partial charge in [-0.3, -0.25) is 9.97 Å². The van der Waals surface area contributed by atoms with E-state index in [0.717, 1.165) is 138 Å². The number of thiophene rings is 2. The SMILES string of the molecule is Cc1cc(-c2ccc(N(c3ccccc3)c3ccccc3)cc2)sc1-c1ccc(-c2sc(-c3ccc(N(c4ccccc4)c4ccccc4)cc3)cc2C)c2nc3c4cc(-c5ccc(N(c6ccccc6)c6ccccc6)cc5)cnc4c4ncccc4c3nc12. The number of benzene rings is 11. The van der Waals surface area contributed by atoms with Crippen molar-refractivity contribution in [1.82, 2.24) is 19.9 Å². The minimum Gasteiger partial charge on any atom is -0.311 e. The molecule has 0 aliphatic heterocycles. The molecule has 16 rings (SSSR count). The van der Waals surface area contributed by atoms with Gasteiger partial charge in [-0.2, -0.15) is 0 Å². The molecule has 0 fully saturated rings. The van der Waals surface area contributed by atoms with Gasteiger partial charge in [-0.15, -0.1) is 22.7 Å². The summed E-state index contributed by atoms with van der Waals surface area (Å²) in [4.78, 5) is 33.6. The molecule has 9 heteroatoms. The number of fused-ring (bicyclic) bond motifs is 7. The highest BCUT2D eigenvalue weighted by Gasteiger charge is 2.24. The maximum absolute atomic E-state index is 5.90. The molecule has 0 amide bonds. The van der Waals surface area contributed by atoms with Gasteiger partial charge in [0, 0.05) is 111 Å². The smallest absolute Gasteiger partial charge is 0.0996 e. The van der Waals surface area contributed by atoms with Crippen LogP contribution in [-0.4, -0.2) is 19.9 Å². The highest BCUT2D eigenvalue weighted by Crippen LogP contribution is 2.48. The van der Waals surface area contributed by atoms with Crippen molar-refractivity contribution < 1.29 is 0 Å². The monoisotopic (exact) mass is 1200 g/mol. The van der Waals surface area contributed by atoms with Crippen LogP contribution >= 0.6 is 22.7 Å². The van der Waals surface area contributed by atoms with Crippen LogP contribution in [-0.2, 0) is 0 Å². The summed E-state index contributed by atoms with van der Waals surface area (Å²) >= 11 is 3.59. The van der Waals surface area contributed by atoms with Gasteiger partial charge in [0.2, 0.25) is 0 Å². The van der Waals surface area contributed by atoms with E-state index < -0.39 is 0 Å². The molecule has 0 aliphatic rings. The van der Waals surface area contributed by atoms with E-state index in [1.165, 1.54) is 20.9 Å². The van der Waals surface area contributed by atoms with E-state index in [0.29, 0.717) is 0 Å². The van der Waals surface area contributed by atoms with Crippen molar-refractivity contribution in [3.05, 3.63) is 321 Å². The normalized spacial score (nSPS) is 11.4. The fourth-order valence-corrected chi connectivity index (χ4v) is 15.0. The number of para-hydroxylation sites is 6. The van der Waals surface area contributed by atoms with Gasteiger partial charge in [0.15, 0.2) is 0 Å². The molecule has 0 spiro atoms. The lowest BCUT2D eigenvalue weighted by molar-refractivity contribution is 1.28. The number of aryl methyl sites for hydroxylation is 2. The van der Waals surface area contributed by atoms with Gasteiger partial charge in [-0.1, -0.05) is 158 Å². The minimum atomic E-state index is 0.779. The van der Waals surface area contributed by atoms with Crippen LogP contribution in [0.25, 0.3) is 96.8 Å². The number of hydrogen-bond acceptors (Lipinski definition) is 9. The Hall–Kier alpha value is -11.4. The molecule has 7 nitrogen and oxygen atoms in total. The first-order valence-electron chi connectivity index (χ1n) is 30.5. The van der Waals surface area contributed by atoms with Gasteiger partial charge in [-0.25, -0.2) is 9.97 Å². The topological polar surface area (TPSA) is 61.3 Å². The van der Waals surface area contributed by atoms with Gasteiger partial charge in [-0.05, 0) is 181 Å².